The van der Waals surface area contributed by atoms with E-state index in [4.69, 9.17) is 4.74 Å². The Morgan fingerprint density at radius 3 is 2.10 bits per heavy atom. The molecule has 0 fully saturated rings. The molecule has 3 heteroatoms. The lowest BCUT2D eigenvalue weighted by atomic mass is 10.1. The zero-order valence-electron chi connectivity index (χ0n) is 11.7. The van der Waals surface area contributed by atoms with Gasteiger partial charge in [0.2, 0.25) is 0 Å². The Kier molecular flexibility index (Phi) is 3.56. The first-order valence-corrected chi connectivity index (χ1v) is 6.72. The summed E-state index contributed by atoms with van der Waals surface area (Å²) in [4.78, 5) is 12.0. The molecule has 0 aliphatic carbocycles. The highest BCUT2D eigenvalue weighted by Crippen LogP contribution is 2.26. The number of nitrogens with zero attached hydrogens (tertiary/aromatic N) is 1. The molecule has 3 rings (SSSR count). The maximum absolute atomic E-state index is 12.0. The van der Waals surface area contributed by atoms with Gasteiger partial charge in [-0.3, -0.25) is 0 Å². The lowest BCUT2D eigenvalue weighted by Gasteiger charge is -2.12. The van der Waals surface area contributed by atoms with Gasteiger partial charge < -0.3 is 9.30 Å². The van der Waals surface area contributed by atoms with E-state index < -0.39 is 0 Å². The quantitative estimate of drug-likeness (QED) is 0.679. The molecule has 0 saturated heterocycles. The molecule has 1 heterocycles. The van der Waals surface area contributed by atoms with E-state index in [0.29, 0.717) is 5.69 Å². The number of ether oxygens (including phenoxy) is 1. The smallest absolute Gasteiger partial charge is 0.355 e. The molecule has 21 heavy (non-hydrogen) atoms. The standard InChI is InChI=1S/C18H15NO2/c1-21-18(20)17-13-12-16(14-8-4-2-5-9-14)19(17)15-10-6-3-7-11-15/h2-13H,1H3. The van der Waals surface area contributed by atoms with Crippen molar-refractivity contribution in [1.29, 1.82) is 0 Å². The van der Waals surface area contributed by atoms with Crippen LogP contribution in [0.4, 0.5) is 0 Å². The summed E-state index contributed by atoms with van der Waals surface area (Å²) in [5.74, 6) is -0.346. The Hall–Kier alpha value is -2.81. The van der Waals surface area contributed by atoms with Crippen molar-refractivity contribution in [3.8, 4) is 16.9 Å². The van der Waals surface area contributed by atoms with Gasteiger partial charge in [-0.2, -0.15) is 0 Å². The van der Waals surface area contributed by atoms with Crippen LogP contribution < -0.4 is 0 Å². The van der Waals surface area contributed by atoms with Gasteiger partial charge in [0.15, 0.2) is 0 Å². The van der Waals surface area contributed by atoms with Crippen LogP contribution in [0.2, 0.25) is 0 Å². The van der Waals surface area contributed by atoms with Gasteiger partial charge in [0, 0.05) is 5.69 Å². The monoisotopic (exact) mass is 277 g/mol. The van der Waals surface area contributed by atoms with E-state index in [1.54, 1.807) is 6.07 Å². The second-order valence-corrected chi connectivity index (χ2v) is 4.63. The normalized spacial score (nSPS) is 10.3. The van der Waals surface area contributed by atoms with Crippen molar-refractivity contribution in [2.75, 3.05) is 7.11 Å². The van der Waals surface area contributed by atoms with Crippen molar-refractivity contribution in [3.05, 3.63) is 78.5 Å². The minimum atomic E-state index is -0.346. The van der Waals surface area contributed by atoms with Crippen molar-refractivity contribution in [2.24, 2.45) is 0 Å². The Morgan fingerprint density at radius 1 is 0.857 bits per heavy atom. The fraction of sp³-hybridized carbons (Fsp3) is 0.0556. The number of methoxy groups -OCH3 is 1. The Labute approximate surface area is 123 Å². The number of rotatable bonds is 3. The molecule has 1 aromatic heterocycles. The summed E-state index contributed by atoms with van der Waals surface area (Å²) < 4.78 is 6.81. The van der Waals surface area contributed by atoms with Gasteiger partial charge in [-0.1, -0.05) is 48.5 Å². The SMILES string of the molecule is COC(=O)c1ccc(-c2ccccc2)n1-c1ccccc1. The topological polar surface area (TPSA) is 31.2 Å². The minimum Gasteiger partial charge on any atom is -0.464 e. The number of aromatic nitrogens is 1. The predicted molar refractivity (Wildman–Crippen MR) is 82.5 cm³/mol. The van der Waals surface area contributed by atoms with E-state index in [1.807, 2.05) is 71.3 Å². The number of para-hydroxylation sites is 1. The van der Waals surface area contributed by atoms with Gasteiger partial charge >= 0.3 is 5.97 Å². The van der Waals surface area contributed by atoms with Gasteiger partial charge in [-0.05, 0) is 29.8 Å². The summed E-state index contributed by atoms with van der Waals surface area (Å²) >= 11 is 0. The van der Waals surface area contributed by atoms with E-state index >= 15 is 0 Å². The summed E-state index contributed by atoms with van der Waals surface area (Å²) in [6.07, 6.45) is 0. The van der Waals surface area contributed by atoms with Gasteiger partial charge in [-0.15, -0.1) is 0 Å². The molecule has 0 bridgehead atoms. The van der Waals surface area contributed by atoms with E-state index in [-0.39, 0.29) is 5.97 Å². The first-order valence-electron chi connectivity index (χ1n) is 6.72. The highest BCUT2D eigenvalue weighted by molar-refractivity contribution is 5.90. The molecule has 104 valence electrons. The fourth-order valence-electron chi connectivity index (χ4n) is 2.39. The number of carbonyl (C=O) groups is 1. The number of esters is 1. The van der Waals surface area contributed by atoms with Gasteiger partial charge in [0.1, 0.15) is 5.69 Å². The van der Waals surface area contributed by atoms with Gasteiger partial charge in [-0.25, -0.2) is 4.79 Å². The maximum Gasteiger partial charge on any atom is 0.355 e. The summed E-state index contributed by atoms with van der Waals surface area (Å²) in [6.45, 7) is 0. The van der Waals surface area contributed by atoms with E-state index in [2.05, 4.69) is 0 Å². The number of hydrogen-bond acceptors (Lipinski definition) is 2. The van der Waals surface area contributed by atoms with Crippen LogP contribution in [0.1, 0.15) is 10.5 Å². The van der Waals surface area contributed by atoms with Crippen LogP contribution in [0.15, 0.2) is 72.8 Å². The molecule has 0 aliphatic rings. The predicted octanol–water partition coefficient (Wildman–Crippen LogP) is 3.93. The first-order chi connectivity index (χ1) is 10.3. The van der Waals surface area contributed by atoms with Crippen molar-refractivity contribution >= 4 is 5.97 Å². The average molecular weight is 277 g/mol. The van der Waals surface area contributed by atoms with Crippen molar-refractivity contribution in [1.82, 2.24) is 4.57 Å². The van der Waals surface area contributed by atoms with Crippen LogP contribution >= 0.6 is 0 Å². The Bertz CT molecular complexity index is 745. The third kappa shape index (κ3) is 2.46. The van der Waals surface area contributed by atoms with Crippen LogP contribution in [0.25, 0.3) is 16.9 Å². The lowest BCUT2D eigenvalue weighted by Crippen LogP contribution is -2.09. The highest BCUT2D eigenvalue weighted by atomic mass is 16.5. The fourth-order valence-corrected chi connectivity index (χ4v) is 2.39. The van der Waals surface area contributed by atoms with Crippen LogP contribution in [0, 0.1) is 0 Å². The average Bonchev–Trinajstić information content (AvgIpc) is 3.00. The van der Waals surface area contributed by atoms with Gasteiger partial charge in [0.25, 0.3) is 0 Å². The lowest BCUT2D eigenvalue weighted by molar-refractivity contribution is 0.0592. The van der Waals surface area contributed by atoms with Gasteiger partial charge in [0.05, 0.1) is 12.8 Å². The molecule has 0 saturated carbocycles. The molecule has 0 radical (unpaired) electrons. The number of benzene rings is 2. The molecule has 0 unspecified atom stereocenters. The molecule has 0 spiro atoms. The molecular formula is C18H15NO2. The maximum atomic E-state index is 12.0. The second kappa shape index (κ2) is 5.67. The number of hydrogen-bond donors (Lipinski definition) is 0. The molecule has 2 aromatic carbocycles. The number of carbonyl (C=O) groups excluding carboxylic acids is 1. The molecular weight excluding hydrogens is 262 g/mol. The van der Waals surface area contributed by atoms with Crippen molar-refractivity contribution in [2.45, 2.75) is 0 Å². The second-order valence-electron chi connectivity index (χ2n) is 4.63. The zero-order chi connectivity index (χ0) is 14.7. The van der Waals surface area contributed by atoms with Crippen LogP contribution in [0.5, 0.6) is 0 Å². The van der Waals surface area contributed by atoms with Crippen LogP contribution in [0.3, 0.4) is 0 Å². The third-order valence-electron chi connectivity index (χ3n) is 3.36. The zero-order valence-corrected chi connectivity index (χ0v) is 11.7. The molecule has 3 aromatic rings. The summed E-state index contributed by atoms with van der Waals surface area (Å²) in [6, 6.07) is 23.5. The molecule has 3 nitrogen and oxygen atoms in total. The minimum absolute atomic E-state index is 0.346. The summed E-state index contributed by atoms with van der Waals surface area (Å²) in [5.41, 5.74) is 3.46. The molecule has 0 N–H and O–H groups in total. The first kappa shape index (κ1) is 13.2. The molecule has 0 amide bonds. The van der Waals surface area contributed by atoms with Crippen LogP contribution in [-0.2, 0) is 4.74 Å². The highest BCUT2D eigenvalue weighted by Gasteiger charge is 2.17. The van der Waals surface area contributed by atoms with Crippen molar-refractivity contribution < 1.29 is 9.53 Å². The van der Waals surface area contributed by atoms with E-state index in [1.165, 1.54) is 7.11 Å². The van der Waals surface area contributed by atoms with E-state index in [0.717, 1.165) is 16.9 Å². The van der Waals surface area contributed by atoms with Crippen LogP contribution in [-0.4, -0.2) is 17.6 Å². The third-order valence-corrected chi connectivity index (χ3v) is 3.36. The summed E-state index contributed by atoms with van der Waals surface area (Å²) in [5, 5.41) is 0. The molecule has 0 atom stereocenters. The molecule has 0 aliphatic heterocycles. The van der Waals surface area contributed by atoms with Crippen molar-refractivity contribution in [3.63, 3.8) is 0 Å². The Morgan fingerprint density at radius 2 is 1.48 bits per heavy atom. The van der Waals surface area contributed by atoms with E-state index in [9.17, 15) is 4.79 Å². The Balaban J connectivity index is 2.23. The summed E-state index contributed by atoms with van der Waals surface area (Å²) in [7, 11) is 1.40. The largest absolute Gasteiger partial charge is 0.464 e.